The number of aromatic nitrogens is 2. The van der Waals surface area contributed by atoms with Crippen molar-refractivity contribution in [2.45, 2.75) is 64.8 Å². The monoisotopic (exact) mass is 262 g/mol. The maximum absolute atomic E-state index is 5.86. The van der Waals surface area contributed by atoms with Crippen molar-refractivity contribution in [2.24, 2.45) is 5.92 Å². The van der Waals surface area contributed by atoms with Crippen LogP contribution in [0.4, 0.5) is 11.6 Å². The van der Waals surface area contributed by atoms with Crippen molar-refractivity contribution in [3.05, 3.63) is 11.9 Å². The fourth-order valence-corrected chi connectivity index (χ4v) is 2.80. The molecule has 1 saturated carbocycles. The second-order valence-corrected chi connectivity index (χ2v) is 6.02. The van der Waals surface area contributed by atoms with Crippen LogP contribution in [0.1, 0.15) is 64.6 Å². The van der Waals surface area contributed by atoms with Gasteiger partial charge >= 0.3 is 0 Å². The number of hydrogen-bond donors (Lipinski definition) is 2. The molecule has 4 nitrogen and oxygen atoms in total. The predicted molar refractivity (Wildman–Crippen MR) is 80.2 cm³/mol. The van der Waals surface area contributed by atoms with Crippen LogP contribution in [0.5, 0.6) is 0 Å². The van der Waals surface area contributed by atoms with Crippen molar-refractivity contribution in [2.75, 3.05) is 11.1 Å². The molecule has 0 bridgehead atoms. The molecule has 1 unspecified atom stereocenters. The van der Waals surface area contributed by atoms with Gasteiger partial charge in [0.1, 0.15) is 17.5 Å². The van der Waals surface area contributed by atoms with Crippen molar-refractivity contribution in [1.82, 2.24) is 9.97 Å². The van der Waals surface area contributed by atoms with Crippen LogP contribution in [0.25, 0.3) is 0 Å². The van der Waals surface area contributed by atoms with Gasteiger partial charge in [0, 0.05) is 18.0 Å². The first kappa shape index (κ1) is 14.1. The minimum absolute atomic E-state index is 0.300. The molecule has 19 heavy (non-hydrogen) atoms. The van der Waals surface area contributed by atoms with Crippen molar-refractivity contribution in [3.63, 3.8) is 0 Å². The SMILES string of the molecule is CC(C)c1nc(N)cc(NC(C)C2CCCCC2)n1. The quantitative estimate of drug-likeness (QED) is 0.870. The first-order valence-electron chi connectivity index (χ1n) is 7.47. The highest BCUT2D eigenvalue weighted by Gasteiger charge is 2.20. The second-order valence-electron chi connectivity index (χ2n) is 6.02. The van der Waals surface area contributed by atoms with Crippen molar-refractivity contribution in [3.8, 4) is 0 Å². The summed E-state index contributed by atoms with van der Waals surface area (Å²) in [5.74, 6) is 3.30. The number of anilines is 2. The third-order valence-electron chi connectivity index (χ3n) is 4.01. The number of rotatable bonds is 4. The van der Waals surface area contributed by atoms with Gasteiger partial charge in [-0.1, -0.05) is 33.1 Å². The van der Waals surface area contributed by atoms with E-state index in [-0.39, 0.29) is 0 Å². The molecule has 0 radical (unpaired) electrons. The average molecular weight is 262 g/mol. The highest BCUT2D eigenvalue weighted by atomic mass is 15.1. The standard InChI is InChI=1S/C15H26N4/c1-10(2)15-18-13(16)9-14(19-15)17-11(3)12-7-5-4-6-8-12/h9-12H,4-8H2,1-3H3,(H3,16,17,18,19). The van der Waals surface area contributed by atoms with Gasteiger partial charge < -0.3 is 11.1 Å². The Bertz CT molecular complexity index is 411. The van der Waals surface area contributed by atoms with Gasteiger partial charge in [0.2, 0.25) is 0 Å². The number of nitrogens with one attached hydrogen (secondary N) is 1. The first-order chi connectivity index (χ1) is 9.06. The summed E-state index contributed by atoms with van der Waals surface area (Å²) in [4.78, 5) is 8.85. The zero-order valence-corrected chi connectivity index (χ0v) is 12.3. The Morgan fingerprint density at radius 1 is 1.16 bits per heavy atom. The summed E-state index contributed by atoms with van der Waals surface area (Å²) >= 11 is 0. The molecule has 4 heteroatoms. The van der Waals surface area contributed by atoms with E-state index in [1.807, 2.05) is 6.07 Å². The average Bonchev–Trinajstić information content (AvgIpc) is 2.39. The normalized spacial score (nSPS) is 18.5. The lowest BCUT2D eigenvalue weighted by Crippen LogP contribution is -2.28. The Morgan fingerprint density at radius 2 is 1.84 bits per heavy atom. The van der Waals surface area contributed by atoms with Gasteiger partial charge in [0.25, 0.3) is 0 Å². The van der Waals surface area contributed by atoms with Crippen LogP contribution in [-0.2, 0) is 0 Å². The minimum Gasteiger partial charge on any atom is -0.384 e. The molecule has 1 aromatic heterocycles. The Labute approximate surface area is 116 Å². The summed E-state index contributed by atoms with van der Waals surface area (Å²) in [5.41, 5.74) is 5.86. The third-order valence-corrected chi connectivity index (χ3v) is 4.01. The number of nitrogens with two attached hydrogens (primary N) is 1. The van der Waals surface area contributed by atoms with Crippen molar-refractivity contribution >= 4 is 11.6 Å². The lowest BCUT2D eigenvalue weighted by molar-refractivity contribution is 0.328. The topological polar surface area (TPSA) is 63.8 Å². The Morgan fingerprint density at radius 3 is 2.47 bits per heavy atom. The lowest BCUT2D eigenvalue weighted by atomic mass is 9.84. The zero-order chi connectivity index (χ0) is 13.8. The first-order valence-corrected chi connectivity index (χ1v) is 7.47. The van der Waals surface area contributed by atoms with E-state index in [1.165, 1.54) is 32.1 Å². The minimum atomic E-state index is 0.300. The summed E-state index contributed by atoms with van der Waals surface area (Å²) in [7, 11) is 0. The lowest BCUT2D eigenvalue weighted by Gasteiger charge is -2.28. The van der Waals surface area contributed by atoms with E-state index in [2.05, 4.69) is 36.1 Å². The maximum Gasteiger partial charge on any atom is 0.135 e. The van der Waals surface area contributed by atoms with Gasteiger partial charge in [-0.25, -0.2) is 9.97 Å². The molecule has 0 amide bonds. The van der Waals surface area contributed by atoms with Gasteiger partial charge in [-0.05, 0) is 25.7 Å². The van der Waals surface area contributed by atoms with Crippen molar-refractivity contribution in [1.29, 1.82) is 0 Å². The molecular formula is C15H26N4. The van der Waals surface area contributed by atoms with Gasteiger partial charge in [0.05, 0.1) is 0 Å². The van der Waals surface area contributed by atoms with Crippen LogP contribution >= 0.6 is 0 Å². The number of hydrogen-bond acceptors (Lipinski definition) is 4. The summed E-state index contributed by atoms with van der Waals surface area (Å²) in [5, 5.41) is 3.52. The summed E-state index contributed by atoms with van der Waals surface area (Å²) < 4.78 is 0. The van der Waals surface area contributed by atoms with Gasteiger partial charge in [-0.3, -0.25) is 0 Å². The maximum atomic E-state index is 5.86. The Balaban J connectivity index is 2.05. The van der Waals surface area contributed by atoms with Crippen LogP contribution in [0.3, 0.4) is 0 Å². The van der Waals surface area contributed by atoms with Crippen LogP contribution in [0.15, 0.2) is 6.07 Å². The van der Waals surface area contributed by atoms with Crippen LogP contribution in [0, 0.1) is 5.92 Å². The number of nitrogen functional groups attached to an aromatic ring is 1. The van der Waals surface area contributed by atoms with E-state index in [0.29, 0.717) is 17.8 Å². The Hall–Kier alpha value is -1.32. The van der Waals surface area contributed by atoms with Crippen molar-refractivity contribution < 1.29 is 0 Å². The second kappa shape index (κ2) is 6.22. The molecule has 3 N–H and O–H groups in total. The molecule has 0 aliphatic heterocycles. The fraction of sp³-hybridized carbons (Fsp3) is 0.733. The van der Waals surface area contributed by atoms with E-state index in [1.54, 1.807) is 0 Å². The molecule has 0 saturated heterocycles. The van der Waals surface area contributed by atoms with Crippen LogP contribution < -0.4 is 11.1 Å². The third kappa shape index (κ3) is 3.82. The van der Waals surface area contributed by atoms with Crippen LogP contribution in [-0.4, -0.2) is 16.0 Å². The van der Waals surface area contributed by atoms with Gasteiger partial charge in [-0.15, -0.1) is 0 Å². The molecule has 1 aliphatic rings. The molecule has 1 heterocycles. The van der Waals surface area contributed by atoms with E-state index in [0.717, 1.165) is 17.6 Å². The smallest absolute Gasteiger partial charge is 0.135 e. The highest BCUT2D eigenvalue weighted by Crippen LogP contribution is 2.28. The Kier molecular flexibility index (Phi) is 4.61. The van der Waals surface area contributed by atoms with Gasteiger partial charge in [-0.2, -0.15) is 0 Å². The molecule has 1 atom stereocenters. The van der Waals surface area contributed by atoms with E-state index >= 15 is 0 Å². The molecule has 1 aromatic rings. The molecule has 0 aromatic carbocycles. The summed E-state index contributed by atoms with van der Waals surface area (Å²) in [6.45, 7) is 6.43. The van der Waals surface area contributed by atoms with E-state index < -0.39 is 0 Å². The molecule has 2 rings (SSSR count). The molecule has 1 fully saturated rings. The largest absolute Gasteiger partial charge is 0.384 e. The summed E-state index contributed by atoms with van der Waals surface area (Å²) in [6, 6.07) is 2.29. The molecule has 1 aliphatic carbocycles. The summed E-state index contributed by atoms with van der Waals surface area (Å²) in [6.07, 6.45) is 6.76. The fourth-order valence-electron chi connectivity index (χ4n) is 2.80. The highest BCUT2D eigenvalue weighted by molar-refractivity contribution is 5.45. The predicted octanol–water partition coefficient (Wildman–Crippen LogP) is 3.56. The number of nitrogens with zero attached hydrogens (tertiary/aromatic N) is 2. The van der Waals surface area contributed by atoms with Crippen LogP contribution in [0.2, 0.25) is 0 Å². The van der Waals surface area contributed by atoms with E-state index in [9.17, 15) is 0 Å². The molecule has 106 valence electrons. The molecular weight excluding hydrogens is 236 g/mol. The molecule has 0 spiro atoms. The zero-order valence-electron chi connectivity index (χ0n) is 12.3. The van der Waals surface area contributed by atoms with E-state index in [4.69, 9.17) is 5.73 Å². The van der Waals surface area contributed by atoms with Gasteiger partial charge in [0.15, 0.2) is 0 Å².